The van der Waals surface area contributed by atoms with E-state index in [2.05, 4.69) is 59.7 Å². The number of hydrogen-bond acceptors (Lipinski definition) is 1. The number of ketones is 1. The zero-order chi connectivity index (χ0) is 16.5. The Morgan fingerprint density at radius 1 is 1.27 bits per heavy atom. The van der Waals surface area contributed by atoms with Gasteiger partial charge in [-0.05, 0) is 61.5 Å². The van der Waals surface area contributed by atoms with E-state index in [4.69, 9.17) is 0 Å². The molecule has 0 spiro atoms. The molecule has 22 heavy (non-hydrogen) atoms. The highest BCUT2D eigenvalue weighted by Crippen LogP contribution is 2.45. The summed E-state index contributed by atoms with van der Waals surface area (Å²) in [5, 5.41) is 0. The molecule has 0 heterocycles. The Labute approximate surface area is 136 Å². The Bertz CT molecular complexity index is 539. The predicted molar refractivity (Wildman–Crippen MR) is 94.1 cm³/mol. The number of carbonyl (C=O) groups is 1. The van der Waals surface area contributed by atoms with Crippen LogP contribution in [-0.4, -0.2) is 5.78 Å². The fourth-order valence-electron chi connectivity index (χ4n) is 4.12. The lowest BCUT2D eigenvalue weighted by Crippen LogP contribution is -2.37. The molecule has 0 radical (unpaired) electrons. The summed E-state index contributed by atoms with van der Waals surface area (Å²) in [6.45, 7) is 13.4. The highest BCUT2D eigenvalue weighted by Gasteiger charge is 2.39. The molecule has 1 nitrogen and oxygen atoms in total. The van der Waals surface area contributed by atoms with Crippen LogP contribution in [0.25, 0.3) is 0 Å². The van der Waals surface area contributed by atoms with Gasteiger partial charge in [0, 0.05) is 12.3 Å². The Balaban J connectivity index is 2.17. The normalized spacial score (nSPS) is 24.5. The van der Waals surface area contributed by atoms with E-state index in [1.54, 1.807) is 0 Å². The third-order valence-electron chi connectivity index (χ3n) is 5.58. The van der Waals surface area contributed by atoms with Crippen LogP contribution in [0.2, 0.25) is 0 Å². The second-order valence-electron chi connectivity index (χ2n) is 8.49. The first-order chi connectivity index (χ1) is 10.2. The molecule has 2 unspecified atom stereocenters. The monoisotopic (exact) mass is 300 g/mol. The standard InChI is InChI=1S/C21H32O/c1-14(2)18-9-10-21(5,6)13-19(18)20(22)12-17-8-7-15(3)11-16(17)4/h7-8,11,14,18-19H,9-10,12-13H2,1-6H3. The van der Waals surface area contributed by atoms with Crippen molar-refractivity contribution in [3.8, 4) is 0 Å². The van der Waals surface area contributed by atoms with E-state index in [1.165, 1.54) is 29.5 Å². The molecular weight excluding hydrogens is 268 g/mol. The third kappa shape index (κ3) is 4.00. The molecule has 0 aliphatic heterocycles. The van der Waals surface area contributed by atoms with Crippen molar-refractivity contribution in [2.24, 2.45) is 23.2 Å². The Hall–Kier alpha value is -1.11. The molecule has 0 bridgehead atoms. The van der Waals surface area contributed by atoms with Gasteiger partial charge in [0.05, 0.1) is 0 Å². The van der Waals surface area contributed by atoms with Crippen LogP contribution in [0.5, 0.6) is 0 Å². The van der Waals surface area contributed by atoms with Crippen LogP contribution in [0, 0.1) is 37.0 Å². The molecule has 1 saturated carbocycles. The van der Waals surface area contributed by atoms with Crippen molar-refractivity contribution in [3.05, 3.63) is 34.9 Å². The van der Waals surface area contributed by atoms with Gasteiger partial charge in [0.25, 0.3) is 0 Å². The zero-order valence-corrected chi connectivity index (χ0v) is 15.2. The van der Waals surface area contributed by atoms with Crippen LogP contribution < -0.4 is 0 Å². The number of rotatable bonds is 4. The van der Waals surface area contributed by atoms with Gasteiger partial charge in [-0.25, -0.2) is 0 Å². The van der Waals surface area contributed by atoms with Gasteiger partial charge in [0.15, 0.2) is 0 Å². The summed E-state index contributed by atoms with van der Waals surface area (Å²) in [4.78, 5) is 13.0. The molecule has 1 aromatic carbocycles. The van der Waals surface area contributed by atoms with E-state index in [0.29, 0.717) is 29.5 Å². The van der Waals surface area contributed by atoms with E-state index in [0.717, 1.165) is 6.42 Å². The molecule has 0 saturated heterocycles. The van der Waals surface area contributed by atoms with Crippen LogP contribution in [0.15, 0.2) is 18.2 Å². The second kappa shape index (κ2) is 6.56. The van der Waals surface area contributed by atoms with Gasteiger partial charge >= 0.3 is 0 Å². The van der Waals surface area contributed by atoms with Crippen LogP contribution in [0.3, 0.4) is 0 Å². The number of carbonyl (C=O) groups excluding carboxylic acids is 1. The second-order valence-corrected chi connectivity index (χ2v) is 8.49. The minimum absolute atomic E-state index is 0.240. The lowest BCUT2D eigenvalue weighted by atomic mass is 9.62. The average Bonchev–Trinajstić information content (AvgIpc) is 2.40. The molecule has 0 amide bonds. The molecule has 2 rings (SSSR count). The van der Waals surface area contributed by atoms with Crippen LogP contribution in [0.1, 0.15) is 63.6 Å². The average molecular weight is 300 g/mol. The Kier molecular flexibility index (Phi) is 5.14. The summed E-state index contributed by atoms with van der Waals surface area (Å²) in [5.41, 5.74) is 4.05. The topological polar surface area (TPSA) is 17.1 Å². The fraction of sp³-hybridized carbons (Fsp3) is 0.667. The number of hydrogen-bond donors (Lipinski definition) is 0. The van der Waals surface area contributed by atoms with E-state index in [1.807, 2.05) is 0 Å². The molecule has 1 aliphatic rings. The molecule has 0 N–H and O–H groups in total. The van der Waals surface area contributed by atoms with Crippen LogP contribution in [0.4, 0.5) is 0 Å². The largest absolute Gasteiger partial charge is 0.299 e. The summed E-state index contributed by atoms with van der Waals surface area (Å²) in [7, 11) is 0. The summed E-state index contributed by atoms with van der Waals surface area (Å²) in [6.07, 6.45) is 4.12. The highest BCUT2D eigenvalue weighted by molar-refractivity contribution is 5.84. The first kappa shape index (κ1) is 17.2. The number of aryl methyl sites for hydroxylation is 2. The minimum atomic E-state index is 0.240. The maximum Gasteiger partial charge on any atom is 0.140 e. The molecule has 122 valence electrons. The van der Waals surface area contributed by atoms with E-state index in [9.17, 15) is 4.79 Å². The van der Waals surface area contributed by atoms with Crippen molar-refractivity contribution < 1.29 is 4.79 Å². The van der Waals surface area contributed by atoms with Gasteiger partial charge in [-0.1, -0.05) is 51.5 Å². The maximum atomic E-state index is 13.0. The van der Waals surface area contributed by atoms with E-state index in [-0.39, 0.29) is 5.92 Å². The fourth-order valence-corrected chi connectivity index (χ4v) is 4.12. The first-order valence-electron chi connectivity index (χ1n) is 8.78. The van der Waals surface area contributed by atoms with Crippen LogP contribution >= 0.6 is 0 Å². The van der Waals surface area contributed by atoms with Crippen molar-refractivity contribution in [3.63, 3.8) is 0 Å². The van der Waals surface area contributed by atoms with Gasteiger partial charge in [0.2, 0.25) is 0 Å². The lowest BCUT2D eigenvalue weighted by molar-refractivity contribution is -0.127. The highest BCUT2D eigenvalue weighted by atomic mass is 16.1. The molecular formula is C21H32O. The van der Waals surface area contributed by atoms with Gasteiger partial charge < -0.3 is 0 Å². The molecule has 2 atom stereocenters. The molecule has 1 aliphatic carbocycles. The summed E-state index contributed by atoms with van der Waals surface area (Å²) in [6, 6.07) is 6.45. The molecule has 1 aromatic rings. The van der Waals surface area contributed by atoms with Crippen molar-refractivity contribution in [1.29, 1.82) is 0 Å². The molecule has 1 heteroatoms. The summed E-state index contributed by atoms with van der Waals surface area (Å²) in [5.74, 6) is 1.86. The third-order valence-corrected chi connectivity index (χ3v) is 5.58. The molecule has 0 aromatic heterocycles. The minimum Gasteiger partial charge on any atom is -0.299 e. The first-order valence-corrected chi connectivity index (χ1v) is 8.78. The van der Waals surface area contributed by atoms with E-state index < -0.39 is 0 Å². The lowest BCUT2D eigenvalue weighted by Gasteiger charge is -2.42. The Morgan fingerprint density at radius 3 is 2.55 bits per heavy atom. The van der Waals surface area contributed by atoms with Gasteiger partial charge in [-0.3, -0.25) is 4.79 Å². The summed E-state index contributed by atoms with van der Waals surface area (Å²) >= 11 is 0. The SMILES string of the molecule is Cc1ccc(CC(=O)C2CC(C)(C)CCC2C(C)C)c(C)c1. The number of benzene rings is 1. The van der Waals surface area contributed by atoms with Gasteiger partial charge in [-0.2, -0.15) is 0 Å². The van der Waals surface area contributed by atoms with Gasteiger partial charge in [-0.15, -0.1) is 0 Å². The smallest absolute Gasteiger partial charge is 0.140 e. The summed E-state index contributed by atoms with van der Waals surface area (Å²) < 4.78 is 0. The quantitative estimate of drug-likeness (QED) is 0.716. The van der Waals surface area contributed by atoms with Crippen LogP contribution in [-0.2, 0) is 11.2 Å². The Morgan fingerprint density at radius 2 is 1.95 bits per heavy atom. The molecule has 1 fully saturated rings. The van der Waals surface area contributed by atoms with Crippen molar-refractivity contribution in [1.82, 2.24) is 0 Å². The van der Waals surface area contributed by atoms with Crippen molar-refractivity contribution in [2.75, 3.05) is 0 Å². The van der Waals surface area contributed by atoms with Crippen molar-refractivity contribution in [2.45, 2.75) is 67.2 Å². The van der Waals surface area contributed by atoms with Gasteiger partial charge in [0.1, 0.15) is 5.78 Å². The zero-order valence-electron chi connectivity index (χ0n) is 15.2. The van der Waals surface area contributed by atoms with Crippen molar-refractivity contribution >= 4 is 5.78 Å². The maximum absolute atomic E-state index is 13.0. The van der Waals surface area contributed by atoms with E-state index >= 15 is 0 Å². The number of Topliss-reactive ketones (excluding diaryl/α,β-unsaturated/α-hetero) is 1. The predicted octanol–water partition coefficient (Wildman–Crippen LogP) is 5.51.